The highest BCUT2D eigenvalue weighted by molar-refractivity contribution is 9.10. The quantitative estimate of drug-likeness (QED) is 0.648. The van der Waals surface area contributed by atoms with E-state index in [2.05, 4.69) is 15.9 Å². The Morgan fingerprint density at radius 3 is 2.71 bits per heavy atom. The first-order valence-corrected chi connectivity index (χ1v) is 4.69. The monoisotopic (exact) mass is 262 g/mol. The first kappa shape index (κ1) is 11.0. The highest BCUT2D eigenvalue weighted by atomic mass is 79.9. The van der Waals surface area contributed by atoms with E-state index in [0.717, 1.165) is 0 Å². The SMILES string of the molecule is O=CCCc1c(Br)cc(O)c(O)c1F. The summed E-state index contributed by atoms with van der Waals surface area (Å²) in [6, 6.07) is 1.19. The fraction of sp³-hybridized carbons (Fsp3) is 0.222. The number of phenols is 2. The van der Waals surface area contributed by atoms with E-state index in [0.29, 0.717) is 10.8 Å². The maximum absolute atomic E-state index is 13.3. The smallest absolute Gasteiger partial charge is 0.194 e. The molecule has 1 aromatic carbocycles. The standard InChI is InChI=1S/C9H8BrFO3/c10-6-4-7(13)9(14)8(11)5(6)2-1-3-12/h3-4,13-14H,1-2H2. The first-order valence-electron chi connectivity index (χ1n) is 3.90. The van der Waals surface area contributed by atoms with Crippen LogP contribution in [0.5, 0.6) is 11.5 Å². The Morgan fingerprint density at radius 2 is 2.14 bits per heavy atom. The van der Waals surface area contributed by atoms with Crippen LogP contribution in [-0.4, -0.2) is 16.5 Å². The Labute approximate surface area is 88.3 Å². The van der Waals surface area contributed by atoms with Crippen LogP contribution in [0.25, 0.3) is 0 Å². The normalized spacial score (nSPS) is 10.1. The predicted molar refractivity (Wildman–Crippen MR) is 51.8 cm³/mol. The van der Waals surface area contributed by atoms with Gasteiger partial charge in [0.05, 0.1) is 0 Å². The van der Waals surface area contributed by atoms with Crippen LogP contribution in [0.3, 0.4) is 0 Å². The van der Waals surface area contributed by atoms with Crippen LogP contribution in [0, 0.1) is 5.82 Å². The number of aromatic hydroxyl groups is 2. The van der Waals surface area contributed by atoms with E-state index < -0.39 is 17.3 Å². The zero-order valence-electron chi connectivity index (χ0n) is 7.13. The summed E-state index contributed by atoms with van der Waals surface area (Å²) >= 11 is 3.04. The second-order valence-electron chi connectivity index (χ2n) is 2.72. The average molecular weight is 263 g/mol. The van der Waals surface area contributed by atoms with Crippen molar-refractivity contribution in [2.75, 3.05) is 0 Å². The summed E-state index contributed by atoms with van der Waals surface area (Å²) in [4.78, 5) is 10.1. The van der Waals surface area contributed by atoms with Crippen molar-refractivity contribution in [3.05, 3.63) is 21.9 Å². The lowest BCUT2D eigenvalue weighted by Gasteiger charge is -2.07. The molecule has 0 bridgehead atoms. The Balaban J connectivity index is 3.15. The Morgan fingerprint density at radius 1 is 1.50 bits per heavy atom. The molecule has 0 fully saturated rings. The van der Waals surface area contributed by atoms with Crippen LogP contribution in [0.1, 0.15) is 12.0 Å². The van der Waals surface area contributed by atoms with E-state index in [1.54, 1.807) is 0 Å². The molecule has 0 spiro atoms. The summed E-state index contributed by atoms with van der Waals surface area (Å²) in [5.74, 6) is -2.20. The lowest BCUT2D eigenvalue weighted by atomic mass is 10.1. The number of halogens is 2. The van der Waals surface area contributed by atoms with Crippen LogP contribution < -0.4 is 0 Å². The number of benzene rings is 1. The number of carbonyl (C=O) groups is 1. The van der Waals surface area contributed by atoms with Crippen LogP contribution in [0.15, 0.2) is 10.5 Å². The van der Waals surface area contributed by atoms with Gasteiger partial charge in [0.25, 0.3) is 0 Å². The van der Waals surface area contributed by atoms with E-state index in [-0.39, 0.29) is 18.4 Å². The van der Waals surface area contributed by atoms with Crippen molar-refractivity contribution in [2.24, 2.45) is 0 Å². The van der Waals surface area contributed by atoms with Crippen LogP contribution in [0.2, 0.25) is 0 Å². The van der Waals surface area contributed by atoms with Gasteiger partial charge >= 0.3 is 0 Å². The van der Waals surface area contributed by atoms with E-state index in [1.807, 2.05) is 0 Å². The second kappa shape index (κ2) is 4.41. The molecule has 2 N–H and O–H groups in total. The summed E-state index contributed by atoms with van der Waals surface area (Å²) in [5, 5.41) is 18.1. The van der Waals surface area contributed by atoms with E-state index in [1.165, 1.54) is 6.07 Å². The maximum Gasteiger partial charge on any atom is 0.194 e. The third kappa shape index (κ3) is 2.04. The van der Waals surface area contributed by atoms with Crippen molar-refractivity contribution in [1.29, 1.82) is 0 Å². The predicted octanol–water partition coefficient (Wildman–Crippen LogP) is 2.13. The minimum Gasteiger partial charge on any atom is -0.504 e. The minimum absolute atomic E-state index is 0.166. The molecule has 14 heavy (non-hydrogen) atoms. The van der Waals surface area contributed by atoms with Crippen molar-refractivity contribution >= 4 is 22.2 Å². The molecule has 0 atom stereocenters. The molecule has 0 aliphatic heterocycles. The van der Waals surface area contributed by atoms with Crippen molar-refractivity contribution in [3.63, 3.8) is 0 Å². The molecule has 0 radical (unpaired) electrons. The number of aldehydes is 1. The summed E-state index contributed by atoms with van der Waals surface area (Å²) in [6.07, 6.45) is 1.01. The second-order valence-corrected chi connectivity index (χ2v) is 3.58. The molecular weight excluding hydrogens is 255 g/mol. The maximum atomic E-state index is 13.3. The van der Waals surface area contributed by atoms with Gasteiger partial charge in [0.15, 0.2) is 17.3 Å². The van der Waals surface area contributed by atoms with Crippen molar-refractivity contribution < 1.29 is 19.4 Å². The number of hydrogen-bond donors (Lipinski definition) is 2. The number of rotatable bonds is 3. The lowest BCUT2D eigenvalue weighted by Crippen LogP contribution is -1.94. The van der Waals surface area contributed by atoms with Crippen molar-refractivity contribution in [1.82, 2.24) is 0 Å². The van der Waals surface area contributed by atoms with Crippen molar-refractivity contribution in [2.45, 2.75) is 12.8 Å². The van der Waals surface area contributed by atoms with Gasteiger partial charge in [-0.2, -0.15) is 0 Å². The van der Waals surface area contributed by atoms with E-state index >= 15 is 0 Å². The van der Waals surface area contributed by atoms with Gasteiger partial charge in [-0.25, -0.2) is 4.39 Å². The lowest BCUT2D eigenvalue weighted by molar-refractivity contribution is -0.107. The van der Waals surface area contributed by atoms with E-state index in [9.17, 15) is 9.18 Å². The van der Waals surface area contributed by atoms with Gasteiger partial charge in [0.2, 0.25) is 0 Å². The molecule has 1 rings (SSSR count). The Kier molecular flexibility index (Phi) is 3.46. The third-order valence-corrected chi connectivity index (χ3v) is 2.49. The van der Waals surface area contributed by atoms with Gasteiger partial charge in [-0.05, 0) is 12.5 Å². The van der Waals surface area contributed by atoms with Crippen LogP contribution in [-0.2, 0) is 11.2 Å². The summed E-state index contributed by atoms with van der Waals surface area (Å²) in [7, 11) is 0. The molecule has 0 saturated heterocycles. The average Bonchev–Trinajstić information content (AvgIpc) is 2.14. The largest absolute Gasteiger partial charge is 0.504 e. The Hall–Kier alpha value is -1.10. The highest BCUT2D eigenvalue weighted by Gasteiger charge is 2.15. The summed E-state index contributed by atoms with van der Waals surface area (Å²) in [5.41, 5.74) is 0.187. The van der Waals surface area contributed by atoms with Crippen molar-refractivity contribution in [3.8, 4) is 11.5 Å². The molecule has 0 heterocycles. The molecule has 0 unspecified atom stereocenters. The number of hydrogen-bond acceptors (Lipinski definition) is 3. The summed E-state index contributed by atoms with van der Waals surface area (Å²) in [6.45, 7) is 0. The fourth-order valence-corrected chi connectivity index (χ4v) is 1.66. The molecule has 1 aromatic rings. The first-order chi connectivity index (χ1) is 6.57. The molecule has 0 saturated carbocycles. The van der Waals surface area contributed by atoms with Crippen LogP contribution >= 0.6 is 15.9 Å². The molecule has 0 aliphatic rings. The Bertz CT molecular complexity index is 366. The summed E-state index contributed by atoms with van der Waals surface area (Å²) < 4.78 is 13.6. The third-order valence-electron chi connectivity index (χ3n) is 1.78. The topological polar surface area (TPSA) is 57.5 Å². The van der Waals surface area contributed by atoms with Gasteiger partial charge in [-0.3, -0.25) is 0 Å². The van der Waals surface area contributed by atoms with Gasteiger partial charge in [0, 0.05) is 16.5 Å². The van der Waals surface area contributed by atoms with Gasteiger partial charge in [-0.15, -0.1) is 0 Å². The highest BCUT2D eigenvalue weighted by Crippen LogP contribution is 2.35. The molecule has 0 amide bonds. The van der Waals surface area contributed by atoms with Gasteiger partial charge < -0.3 is 15.0 Å². The molecule has 3 nitrogen and oxygen atoms in total. The molecule has 5 heteroatoms. The number of phenolic OH excluding ortho intramolecular Hbond substituents is 2. The zero-order valence-corrected chi connectivity index (χ0v) is 8.71. The fourth-order valence-electron chi connectivity index (χ4n) is 1.07. The molecule has 0 aliphatic carbocycles. The molecular formula is C9H8BrFO3. The van der Waals surface area contributed by atoms with E-state index in [4.69, 9.17) is 10.2 Å². The minimum atomic E-state index is -0.890. The zero-order chi connectivity index (χ0) is 10.7. The van der Waals surface area contributed by atoms with Crippen LogP contribution in [0.4, 0.5) is 4.39 Å². The molecule has 76 valence electrons. The number of carbonyl (C=O) groups excluding carboxylic acids is 1. The van der Waals surface area contributed by atoms with Gasteiger partial charge in [-0.1, -0.05) is 15.9 Å². The van der Waals surface area contributed by atoms with Gasteiger partial charge in [0.1, 0.15) is 6.29 Å². The molecule has 0 aromatic heterocycles.